The monoisotopic (exact) mass is 354 g/mol. The normalized spacial score (nSPS) is 11.0. The van der Waals surface area contributed by atoms with Crippen molar-refractivity contribution in [3.05, 3.63) is 119 Å². The summed E-state index contributed by atoms with van der Waals surface area (Å²) in [7, 11) is 0. The summed E-state index contributed by atoms with van der Waals surface area (Å²) in [6, 6.07) is 26.1. The van der Waals surface area contributed by atoms with E-state index in [1.54, 1.807) is 72.8 Å². The van der Waals surface area contributed by atoms with Gasteiger partial charge in [0.05, 0.1) is 0 Å². The lowest BCUT2D eigenvalue weighted by Gasteiger charge is -2.07. The smallest absolute Gasteiger partial charge is 0.189 e. The number of ketones is 3. The predicted octanol–water partition coefficient (Wildman–Crippen LogP) is 4.95. The largest absolute Gasteiger partial charge is 0.294 e. The van der Waals surface area contributed by atoms with E-state index in [0.717, 1.165) is 0 Å². The molecule has 0 saturated heterocycles. The molecule has 0 N–H and O–H groups in total. The Balaban J connectivity index is 1.93. The number of hydrogen-bond acceptors (Lipinski definition) is 3. The van der Waals surface area contributed by atoms with E-state index in [0.29, 0.717) is 16.7 Å². The van der Waals surface area contributed by atoms with E-state index in [4.69, 9.17) is 0 Å². The molecule has 3 aromatic carbocycles. The van der Waals surface area contributed by atoms with E-state index in [1.807, 2.05) is 18.2 Å². The predicted molar refractivity (Wildman–Crippen MR) is 105 cm³/mol. The summed E-state index contributed by atoms with van der Waals surface area (Å²) in [5.74, 6) is -0.813. The van der Waals surface area contributed by atoms with E-state index < -0.39 is 0 Å². The second-order valence-corrected chi connectivity index (χ2v) is 6.06. The van der Waals surface area contributed by atoms with Crippen LogP contribution in [0.5, 0.6) is 0 Å². The van der Waals surface area contributed by atoms with Crippen molar-refractivity contribution < 1.29 is 14.4 Å². The third kappa shape index (κ3) is 4.73. The van der Waals surface area contributed by atoms with Crippen molar-refractivity contribution in [2.45, 2.75) is 6.42 Å². The minimum Gasteiger partial charge on any atom is -0.294 e. The van der Waals surface area contributed by atoms with Crippen LogP contribution in [0.3, 0.4) is 0 Å². The first-order chi connectivity index (χ1) is 13.1. The number of carbonyl (C=O) groups excluding carboxylic acids is 3. The third-order valence-corrected chi connectivity index (χ3v) is 4.14. The van der Waals surface area contributed by atoms with Gasteiger partial charge >= 0.3 is 0 Å². The molecule has 3 aromatic rings. The molecule has 0 unspecified atom stereocenters. The SMILES string of the molecule is O=C(C=C(CC(=O)c1ccccc1)C(=O)c1ccccc1)c1ccccc1. The Kier molecular flexibility index (Phi) is 5.85. The molecule has 0 aliphatic heterocycles. The summed E-state index contributed by atoms with van der Waals surface area (Å²) in [6.07, 6.45) is 1.15. The van der Waals surface area contributed by atoms with Crippen LogP contribution in [0.15, 0.2) is 103 Å². The van der Waals surface area contributed by atoms with Crippen molar-refractivity contribution in [2.24, 2.45) is 0 Å². The van der Waals surface area contributed by atoms with Crippen LogP contribution in [0.1, 0.15) is 37.5 Å². The van der Waals surface area contributed by atoms with E-state index in [2.05, 4.69) is 0 Å². The van der Waals surface area contributed by atoms with Crippen molar-refractivity contribution in [1.82, 2.24) is 0 Å². The van der Waals surface area contributed by atoms with Gasteiger partial charge in [-0.25, -0.2) is 0 Å². The first-order valence-corrected chi connectivity index (χ1v) is 8.63. The molecule has 0 atom stereocenters. The van der Waals surface area contributed by atoms with Crippen molar-refractivity contribution in [1.29, 1.82) is 0 Å². The Hall–Kier alpha value is -3.59. The standard InChI is InChI=1S/C24H18O3/c25-22(18-10-4-1-5-11-18)16-21(24(27)20-14-8-3-9-15-20)17-23(26)19-12-6-2-7-13-19/h1-16H,17H2. The number of Topliss-reactive ketones (excluding diaryl/α,β-unsaturated/α-hetero) is 2. The summed E-state index contributed by atoms with van der Waals surface area (Å²) < 4.78 is 0. The minimum atomic E-state index is -0.316. The van der Waals surface area contributed by atoms with Gasteiger partial charge in [0.15, 0.2) is 17.3 Å². The van der Waals surface area contributed by atoms with Gasteiger partial charge in [-0.2, -0.15) is 0 Å². The van der Waals surface area contributed by atoms with Gasteiger partial charge in [-0.15, -0.1) is 0 Å². The molecule has 0 aromatic heterocycles. The second-order valence-electron chi connectivity index (χ2n) is 6.06. The topological polar surface area (TPSA) is 51.2 Å². The fourth-order valence-electron chi connectivity index (χ4n) is 2.71. The highest BCUT2D eigenvalue weighted by Gasteiger charge is 2.18. The van der Waals surface area contributed by atoms with Gasteiger partial charge in [-0.1, -0.05) is 91.0 Å². The summed E-state index contributed by atoms with van der Waals surface area (Å²) in [6.45, 7) is 0. The van der Waals surface area contributed by atoms with Crippen LogP contribution in [0.4, 0.5) is 0 Å². The molecule has 0 aliphatic carbocycles. The maximum Gasteiger partial charge on any atom is 0.189 e. The fraction of sp³-hybridized carbons (Fsp3) is 0.0417. The van der Waals surface area contributed by atoms with Crippen LogP contribution < -0.4 is 0 Å². The Bertz CT molecular complexity index is 972. The Morgan fingerprint density at radius 1 is 0.593 bits per heavy atom. The lowest BCUT2D eigenvalue weighted by Crippen LogP contribution is -2.11. The summed E-state index contributed by atoms with van der Waals surface area (Å²) in [5, 5.41) is 0. The molecule has 3 nitrogen and oxygen atoms in total. The molecule has 0 saturated carbocycles. The highest BCUT2D eigenvalue weighted by Crippen LogP contribution is 2.17. The first kappa shape index (κ1) is 18.2. The molecule has 0 heterocycles. The van der Waals surface area contributed by atoms with Crippen LogP contribution in [-0.4, -0.2) is 17.3 Å². The zero-order chi connectivity index (χ0) is 19.1. The summed E-state index contributed by atoms with van der Waals surface area (Å²) >= 11 is 0. The van der Waals surface area contributed by atoms with Gasteiger partial charge in [-0.05, 0) is 6.08 Å². The molecular formula is C24H18O3. The Morgan fingerprint density at radius 3 is 1.56 bits per heavy atom. The Labute approximate surface area is 158 Å². The summed E-state index contributed by atoms with van der Waals surface area (Å²) in [5.41, 5.74) is 1.62. The second kappa shape index (κ2) is 8.68. The van der Waals surface area contributed by atoms with Crippen molar-refractivity contribution in [2.75, 3.05) is 0 Å². The quantitative estimate of drug-likeness (QED) is 0.445. The minimum absolute atomic E-state index is 0.129. The van der Waals surface area contributed by atoms with E-state index >= 15 is 0 Å². The van der Waals surface area contributed by atoms with Crippen LogP contribution in [0, 0.1) is 0 Å². The number of carbonyl (C=O) groups is 3. The highest BCUT2D eigenvalue weighted by atomic mass is 16.1. The van der Waals surface area contributed by atoms with Crippen LogP contribution in [-0.2, 0) is 0 Å². The lowest BCUT2D eigenvalue weighted by atomic mass is 9.94. The molecule has 3 rings (SSSR count). The molecule has 0 aliphatic rings. The zero-order valence-electron chi connectivity index (χ0n) is 14.7. The average Bonchev–Trinajstić information content (AvgIpc) is 2.74. The maximum absolute atomic E-state index is 12.9. The van der Waals surface area contributed by atoms with Gasteiger partial charge in [-0.3, -0.25) is 14.4 Å². The van der Waals surface area contributed by atoms with E-state index in [9.17, 15) is 14.4 Å². The molecule has 0 fully saturated rings. The molecule has 0 amide bonds. The summed E-state index contributed by atoms with van der Waals surface area (Å²) in [4.78, 5) is 38.1. The molecular weight excluding hydrogens is 336 g/mol. The number of rotatable bonds is 7. The van der Waals surface area contributed by atoms with Crippen molar-refractivity contribution in [3.63, 3.8) is 0 Å². The van der Waals surface area contributed by atoms with Gasteiger partial charge in [0.2, 0.25) is 0 Å². The molecule has 132 valence electrons. The first-order valence-electron chi connectivity index (χ1n) is 8.63. The number of allylic oxidation sites excluding steroid dienone is 2. The molecule has 27 heavy (non-hydrogen) atoms. The number of hydrogen-bond donors (Lipinski definition) is 0. The molecule has 0 spiro atoms. The van der Waals surface area contributed by atoms with Gasteiger partial charge in [0.25, 0.3) is 0 Å². The lowest BCUT2D eigenvalue weighted by molar-refractivity contribution is 0.0957. The van der Waals surface area contributed by atoms with Crippen LogP contribution in [0.25, 0.3) is 0 Å². The third-order valence-electron chi connectivity index (χ3n) is 4.14. The van der Waals surface area contributed by atoms with Gasteiger partial charge < -0.3 is 0 Å². The molecule has 3 heteroatoms. The molecule has 0 radical (unpaired) electrons. The van der Waals surface area contributed by atoms with Gasteiger partial charge in [0, 0.05) is 28.7 Å². The fourth-order valence-corrected chi connectivity index (χ4v) is 2.71. The highest BCUT2D eigenvalue weighted by molar-refractivity contribution is 6.17. The average molecular weight is 354 g/mol. The number of benzene rings is 3. The van der Waals surface area contributed by atoms with Gasteiger partial charge in [0.1, 0.15) is 0 Å². The van der Waals surface area contributed by atoms with Crippen molar-refractivity contribution >= 4 is 17.3 Å². The van der Waals surface area contributed by atoms with E-state index in [1.165, 1.54) is 6.08 Å². The zero-order valence-corrected chi connectivity index (χ0v) is 14.7. The Morgan fingerprint density at radius 2 is 1.04 bits per heavy atom. The van der Waals surface area contributed by atoms with Crippen molar-refractivity contribution in [3.8, 4) is 0 Å². The van der Waals surface area contributed by atoms with Crippen LogP contribution in [0.2, 0.25) is 0 Å². The maximum atomic E-state index is 12.9. The molecule has 0 bridgehead atoms. The van der Waals surface area contributed by atoms with E-state index in [-0.39, 0.29) is 29.3 Å². The van der Waals surface area contributed by atoms with Crippen LogP contribution >= 0.6 is 0 Å².